The van der Waals surface area contributed by atoms with Gasteiger partial charge in [-0.25, -0.2) is 4.98 Å². The number of rotatable bonds is 1. The number of hydrogen-bond acceptors (Lipinski definition) is 4. The topological polar surface area (TPSA) is 33.1 Å². The van der Waals surface area contributed by atoms with Crippen LogP contribution in [0.4, 0.5) is 13.2 Å². The second kappa shape index (κ2) is 4.44. The lowest BCUT2D eigenvalue weighted by atomic mass is 9.93. The van der Waals surface area contributed by atoms with Gasteiger partial charge in [0.05, 0.1) is 4.88 Å². The highest BCUT2D eigenvalue weighted by Crippen LogP contribution is 2.45. The molecule has 1 aliphatic heterocycles. The predicted molar refractivity (Wildman–Crippen MR) is 62.2 cm³/mol. The minimum absolute atomic E-state index is 0.0993. The summed E-state index contributed by atoms with van der Waals surface area (Å²) in [4.78, 5) is 3.69. The number of aliphatic hydroxyl groups is 1. The molecule has 7 heteroatoms. The van der Waals surface area contributed by atoms with E-state index in [9.17, 15) is 18.3 Å². The van der Waals surface area contributed by atoms with Gasteiger partial charge in [0.25, 0.3) is 0 Å². The van der Waals surface area contributed by atoms with Crippen LogP contribution in [0.1, 0.15) is 29.7 Å². The van der Waals surface area contributed by atoms with E-state index in [0.29, 0.717) is 22.6 Å². The number of nitrogens with zero attached hydrogens (tertiary/aromatic N) is 1. The van der Waals surface area contributed by atoms with Crippen LogP contribution in [0.2, 0.25) is 0 Å². The Bertz CT molecular complexity index is 407. The molecule has 1 aliphatic rings. The highest BCUT2D eigenvalue weighted by Gasteiger charge is 2.42. The standard InChI is InChI=1S/C10H12F3NOS2/c1-6-9(15,3-2-4-16-6)7-5-14-8(17-7)10(11,12)13/h5-6,15H,2-4H2,1H3. The van der Waals surface area contributed by atoms with Gasteiger partial charge in [-0.05, 0) is 18.6 Å². The van der Waals surface area contributed by atoms with Crippen LogP contribution in [-0.4, -0.2) is 21.1 Å². The van der Waals surface area contributed by atoms with Crippen molar-refractivity contribution >= 4 is 23.1 Å². The Balaban J connectivity index is 2.30. The van der Waals surface area contributed by atoms with E-state index in [-0.39, 0.29) is 5.25 Å². The molecule has 0 aromatic carbocycles. The molecule has 0 amide bonds. The molecule has 0 spiro atoms. The maximum absolute atomic E-state index is 12.5. The largest absolute Gasteiger partial charge is 0.443 e. The van der Waals surface area contributed by atoms with E-state index in [1.165, 1.54) is 0 Å². The summed E-state index contributed by atoms with van der Waals surface area (Å²) in [5.41, 5.74) is -1.16. The van der Waals surface area contributed by atoms with E-state index >= 15 is 0 Å². The van der Waals surface area contributed by atoms with Crippen LogP contribution in [-0.2, 0) is 11.8 Å². The fraction of sp³-hybridized carbons (Fsp3) is 0.700. The van der Waals surface area contributed by atoms with Gasteiger partial charge in [0.15, 0.2) is 5.01 Å². The first kappa shape index (κ1) is 13.2. The van der Waals surface area contributed by atoms with Gasteiger partial charge in [0, 0.05) is 11.4 Å². The minimum atomic E-state index is -4.43. The fourth-order valence-electron chi connectivity index (χ4n) is 1.87. The molecule has 0 saturated carbocycles. The highest BCUT2D eigenvalue weighted by molar-refractivity contribution is 8.00. The van der Waals surface area contributed by atoms with Crippen LogP contribution in [0.3, 0.4) is 0 Å². The summed E-state index contributed by atoms with van der Waals surface area (Å²) in [5.74, 6) is 0.939. The van der Waals surface area contributed by atoms with Crippen molar-refractivity contribution in [1.29, 1.82) is 0 Å². The highest BCUT2D eigenvalue weighted by atomic mass is 32.2. The SMILES string of the molecule is CC1SCCCC1(O)c1cnc(C(F)(F)F)s1. The third-order valence-electron chi connectivity index (χ3n) is 2.92. The lowest BCUT2D eigenvalue weighted by Crippen LogP contribution is -2.38. The average Bonchev–Trinajstić information content (AvgIpc) is 2.71. The molecule has 0 radical (unpaired) electrons. The molecule has 0 aliphatic carbocycles. The zero-order valence-corrected chi connectivity index (χ0v) is 10.8. The first-order chi connectivity index (χ1) is 7.84. The molecule has 2 unspecified atom stereocenters. The van der Waals surface area contributed by atoms with Gasteiger partial charge >= 0.3 is 6.18 Å². The van der Waals surface area contributed by atoms with Crippen LogP contribution < -0.4 is 0 Å². The van der Waals surface area contributed by atoms with Crippen LogP contribution in [0.15, 0.2) is 6.20 Å². The lowest BCUT2D eigenvalue weighted by molar-refractivity contribution is -0.137. The zero-order valence-electron chi connectivity index (χ0n) is 9.12. The van der Waals surface area contributed by atoms with Crippen molar-refractivity contribution in [2.24, 2.45) is 0 Å². The smallest absolute Gasteiger partial charge is 0.383 e. The second-order valence-electron chi connectivity index (χ2n) is 4.07. The molecule has 2 atom stereocenters. The molecular formula is C10H12F3NOS2. The summed E-state index contributed by atoms with van der Waals surface area (Å²) in [7, 11) is 0. The number of halogens is 3. The van der Waals surface area contributed by atoms with E-state index in [1.807, 2.05) is 6.92 Å². The maximum Gasteiger partial charge on any atom is 0.443 e. The molecule has 1 saturated heterocycles. The van der Waals surface area contributed by atoms with E-state index in [1.54, 1.807) is 11.8 Å². The van der Waals surface area contributed by atoms with Crippen molar-refractivity contribution in [1.82, 2.24) is 4.98 Å². The summed E-state index contributed by atoms with van der Waals surface area (Å²) in [5, 5.41) is 9.49. The van der Waals surface area contributed by atoms with Gasteiger partial charge in [0.1, 0.15) is 5.60 Å². The molecule has 2 rings (SSSR count). The molecule has 17 heavy (non-hydrogen) atoms. The minimum Gasteiger partial charge on any atom is -0.383 e. The summed E-state index contributed by atoms with van der Waals surface area (Å²) in [6.07, 6.45) is -1.95. The molecule has 1 N–H and O–H groups in total. The van der Waals surface area contributed by atoms with Crippen LogP contribution in [0, 0.1) is 0 Å². The molecule has 1 aromatic heterocycles. The van der Waals surface area contributed by atoms with Gasteiger partial charge < -0.3 is 5.11 Å². The Morgan fingerprint density at radius 2 is 2.24 bits per heavy atom. The quantitative estimate of drug-likeness (QED) is 0.858. The molecule has 1 aromatic rings. The Morgan fingerprint density at radius 3 is 2.76 bits per heavy atom. The van der Waals surface area contributed by atoms with Crippen molar-refractivity contribution < 1.29 is 18.3 Å². The molecule has 2 heterocycles. The summed E-state index contributed by atoms with van der Waals surface area (Å²) in [6, 6.07) is 0. The fourth-order valence-corrected chi connectivity index (χ4v) is 4.12. The van der Waals surface area contributed by atoms with E-state index in [0.717, 1.165) is 18.4 Å². The Morgan fingerprint density at radius 1 is 1.53 bits per heavy atom. The van der Waals surface area contributed by atoms with E-state index < -0.39 is 16.8 Å². The number of alkyl halides is 3. The first-order valence-corrected chi connectivity index (χ1v) is 7.08. The number of thiazole rings is 1. The van der Waals surface area contributed by atoms with Crippen molar-refractivity contribution in [2.75, 3.05) is 5.75 Å². The van der Waals surface area contributed by atoms with E-state index in [4.69, 9.17) is 0 Å². The summed E-state index contributed by atoms with van der Waals surface area (Å²) < 4.78 is 37.4. The Kier molecular flexibility index (Phi) is 3.44. The zero-order chi connectivity index (χ0) is 12.7. The van der Waals surface area contributed by atoms with Gasteiger partial charge in [0.2, 0.25) is 0 Å². The van der Waals surface area contributed by atoms with Crippen LogP contribution in [0.25, 0.3) is 0 Å². The van der Waals surface area contributed by atoms with Crippen LogP contribution in [0.5, 0.6) is 0 Å². The normalized spacial score (nSPS) is 30.5. The maximum atomic E-state index is 12.5. The van der Waals surface area contributed by atoms with Crippen molar-refractivity contribution in [3.05, 3.63) is 16.1 Å². The van der Waals surface area contributed by atoms with Gasteiger partial charge in [-0.15, -0.1) is 11.3 Å². The molecular weight excluding hydrogens is 271 g/mol. The average molecular weight is 283 g/mol. The van der Waals surface area contributed by atoms with Crippen molar-refractivity contribution in [3.63, 3.8) is 0 Å². The second-order valence-corrected chi connectivity index (χ2v) is 6.55. The Hall–Kier alpha value is -0.270. The monoisotopic (exact) mass is 283 g/mol. The van der Waals surface area contributed by atoms with Crippen molar-refractivity contribution in [3.8, 4) is 0 Å². The van der Waals surface area contributed by atoms with Gasteiger partial charge in [-0.2, -0.15) is 24.9 Å². The van der Waals surface area contributed by atoms with Gasteiger partial charge in [-0.3, -0.25) is 0 Å². The lowest BCUT2D eigenvalue weighted by Gasteiger charge is -2.36. The number of hydrogen-bond donors (Lipinski definition) is 1. The predicted octanol–water partition coefficient (Wildman–Crippen LogP) is 3.27. The summed E-state index contributed by atoms with van der Waals surface area (Å²) in [6.45, 7) is 1.84. The molecule has 96 valence electrons. The molecule has 0 bridgehead atoms. The first-order valence-electron chi connectivity index (χ1n) is 5.21. The van der Waals surface area contributed by atoms with Crippen molar-refractivity contribution in [2.45, 2.75) is 36.8 Å². The number of thioether (sulfide) groups is 1. The van der Waals surface area contributed by atoms with E-state index in [2.05, 4.69) is 4.98 Å². The molecule has 1 fully saturated rings. The third-order valence-corrected chi connectivity index (χ3v) is 5.54. The number of aromatic nitrogens is 1. The molecule has 2 nitrogen and oxygen atoms in total. The Labute approximate surface area is 105 Å². The van der Waals surface area contributed by atoms with Gasteiger partial charge in [-0.1, -0.05) is 6.92 Å². The third kappa shape index (κ3) is 2.46. The van der Waals surface area contributed by atoms with Crippen LogP contribution >= 0.6 is 23.1 Å². The summed E-state index contributed by atoms with van der Waals surface area (Å²) >= 11 is 2.13.